The molecule has 0 atom stereocenters. The SMILES string of the molecule is CCCCCCCCCN.[I][Sn]([I])([I])[I]. The Labute approximate surface area is 138 Å². The summed E-state index contributed by atoms with van der Waals surface area (Å²) in [5, 5.41) is 0. The third-order valence-corrected chi connectivity index (χ3v) is 1.81. The molecule has 0 unspecified atom stereocenters. The number of halogens is 4. The zero-order chi connectivity index (χ0) is 12.2. The molecule has 0 aliphatic heterocycles. The van der Waals surface area contributed by atoms with E-state index in [1.807, 2.05) is 0 Å². The molecule has 0 spiro atoms. The molecule has 2 N–H and O–H groups in total. The van der Waals surface area contributed by atoms with Crippen molar-refractivity contribution in [2.45, 2.75) is 51.9 Å². The Balaban J connectivity index is 0. The molecule has 0 aromatic rings. The molecule has 0 rings (SSSR count). The molecular weight excluding hydrogens is 748 g/mol. The molecule has 0 heterocycles. The van der Waals surface area contributed by atoms with Gasteiger partial charge in [-0.3, -0.25) is 0 Å². The number of hydrogen-bond acceptors (Lipinski definition) is 1. The Morgan fingerprint density at radius 2 is 1.13 bits per heavy atom. The monoisotopic (exact) mass is 771 g/mol. The van der Waals surface area contributed by atoms with Gasteiger partial charge in [0.15, 0.2) is 0 Å². The molecule has 15 heavy (non-hydrogen) atoms. The topological polar surface area (TPSA) is 26.0 Å². The minimum atomic E-state index is -1.30. The van der Waals surface area contributed by atoms with E-state index in [9.17, 15) is 0 Å². The van der Waals surface area contributed by atoms with E-state index >= 15 is 0 Å². The van der Waals surface area contributed by atoms with Crippen molar-refractivity contribution in [2.75, 3.05) is 6.54 Å². The van der Waals surface area contributed by atoms with Crippen molar-refractivity contribution in [1.29, 1.82) is 0 Å². The summed E-state index contributed by atoms with van der Waals surface area (Å²) >= 11 is 10.2. The number of hydrogen-bond donors (Lipinski definition) is 1. The van der Waals surface area contributed by atoms with Crippen LogP contribution in [0, 0.1) is 0 Å². The fourth-order valence-corrected chi connectivity index (χ4v) is 1.10. The van der Waals surface area contributed by atoms with E-state index in [-0.39, 0.29) is 0 Å². The first kappa shape index (κ1) is 21.0. The van der Waals surface area contributed by atoms with Crippen LogP contribution in [-0.2, 0) is 0 Å². The van der Waals surface area contributed by atoms with Crippen LogP contribution in [0.2, 0.25) is 0 Å². The molecular formula is C9H21I4NSn. The molecule has 94 valence electrons. The Morgan fingerprint density at radius 1 is 0.800 bits per heavy atom. The van der Waals surface area contributed by atoms with Gasteiger partial charge in [-0.2, -0.15) is 0 Å². The summed E-state index contributed by atoms with van der Waals surface area (Å²) in [6, 6.07) is 0. The molecule has 0 radical (unpaired) electrons. The van der Waals surface area contributed by atoms with Gasteiger partial charge in [-0.25, -0.2) is 0 Å². The summed E-state index contributed by atoms with van der Waals surface area (Å²) in [6.07, 6.45) is 9.51. The molecule has 6 heteroatoms. The van der Waals surface area contributed by atoms with Gasteiger partial charge in [0.2, 0.25) is 0 Å². The van der Waals surface area contributed by atoms with Crippen molar-refractivity contribution in [3.63, 3.8) is 0 Å². The van der Waals surface area contributed by atoms with Crippen LogP contribution >= 0.6 is 74.5 Å². The molecule has 0 amide bonds. The average molecular weight is 770 g/mol. The van der Waals surface area contributed by atoms with E-state index in [0.717, 1.165) is 6.54 Å². The van der Waals surface area contributed by atoms with E-state index in [4.69, 9.17) is 5.73 Å². The van der Waals surface area contributed by atoms with Crippen LogP contribution in [0.15, 0.2) is 0 Å². The van der Waals surface area contributed by atoms with Crippen molar-refractivity contribution < 1.29 is 0 Å². The predicted molar refractivity (Wildman–Crippen MR) is 109 cm³/mol. The van der Waals surface area contributed by atoms with E-state index in [0.29, 0.717) is 0 Å². The molecule has 0 bridgehead atoms. The Hall–Kier alpha value is 3.68. The van der Waals surface area contributed by atoms with Crippen LogP contribution in [-0.4, -0.2) is 9.05 Å². The summed E-state index contributed by atoms with van der Waals surface area (Å²) in [5.41, 5.74) is 5.37. The van der Waals surface area contributed by atoms with E-state index in [1.54, 1.807) is 0 Å². The van der Waals surface area contributed by atoms with Crippen molar-refractivity contribution >= 4 is 77.0 Å². The van der Waals surface area contributed by atoms with Crippen molar-refractivity contribution in [3.8, 4) is 0 Å². The molecule has 0 saturated heterocycles. The summed E-state index contributed by atoms with van der Waals surface area (Å²) in [4.78, 5) is 0. The second kappa shape index (κ2) is 15.7. The van der Waals surface area contributed by atoms with Gasteiger partial charge in [0.25, 0.3) is 0 Å². The van der Waals surface area contributed by atoms with Crippen LogP contribution in [0.3, 0.4) is 0 Å². The molecule has 0 aliphatic carbocycles. The summed E-state index contributed by atoms with van der Waals surface area (Å²) in [7, 11) is 0. The van der Waals surface area contributed by atoms with Crippen LogP contribution in [0.4, 0.5) is 0 Å². The van der Waals surface area contributed by atoms with Crippen LogP contribution in [0.1, 0.15) is 51.9 Å². The van der Waals surface area contributed by atoms with Gasteiger partial charge in [-0.05, 0) is 13.0 Å². The Morgan fingerprint density at radius 3 is 1.47 bits per heavy atom. The van der Waals surface area contributed by atoms with Crippen LogP contribution < -0.4 is 5.73 Å². The van der Waals surface area contributed by atoms with Gasteiger partial charge < -0.3 is 5.73 Å². The third-order valence-electron chi connectivity index (χ3n) is 1.81. The van der Waals surface area contributed by atoms with Gasteiger partial charge in [0.1, 0.15) is 0 Å². The van der Waals surface area contributed by atoms with E-state index in [1.165, 1.54) is 44.9 Å². The maximum absolute atomic E-state index is 5.37. The molecule has 0 aromatic heterocycles. The molecule has 1 nitrogen and oxygen atoms in total. The fraction of sp³-hybridized carbons (Fsp3) is 1.00. The van der Waals surface area contributed by atoms with Crippen LogP contribution in [0.5, 0.6) is 0 Å². The zero-order valence-corrected chi connectivity index (χ0v) is 20.7. The standard InChI is InChI=1S/C9H21N.4HI.Sn/c1-2-3-4-5-6-7-8-9-10;;;;;/h2-10H2,1H3;4*1H;/q;;;;;+4/p-4. The molecule has 0 saturated carbocycles. The fourth-order valence-electron chi connectivity index (χ4n) is 1.10. The van der Waals surface area contributed by atoms with E-state index in [2.05, 4.69) is 81.5 Å². The third kappa shape index (κ3) is 38.1. The van der Waals surface area contributed by atoms with Gasteiger partial charge in [-0.1, -0.05) is 45.4 Å². The zero-order valence-electron chi connectivity index (χ0n) is 9.25. The second-order valence-corrected chi connectivity index (χ2v) is 132. The first-order chi connectivity index (χ1) is 6.91. The number of rotatable bonds is 7. The average Bonchev–Trinajstić information content (AvgIpc) is 2.08. The van der Waals surface area contributed by atoms with E-state index < -0.39 is 2.50 Å². The Bertz CT molecular complexity index is 105. The number of unbranched alkanes of at least 4 members (excludes halogenated alkanes) is 6. The van der Waals surface area contributed by atoms with Crippen molar-refractivity contribution in [2.24, 2.45) is 5.73 Å². The normalized spacial score (nSPS) is 10.8. The first-order valence-corrected chi connectivity index (χ1v) is 38.6. The molecule has 0 aliphatic rings. The second-order valence-electron chi connectivity index (χ2n) is 3.34. The quantitative estimate of drug-likeness (QED) is 0.196. The number of nitrogens with two attached hydrogens (primary N) is 1. The minimum absolute atomic E-state index is 0.869. The predicted octanol–water partition coefficient (Wildman–Crippen LogP) is 5.86. The van der Waals surface area contributed by atoms with Gasteiger partial charge in [0.05, 0.1) is 0 Å². The first-order valence-electron chi connectivity index (χ1n) is 5.37. The summed E-state index contributed by atoms with van der Waals surface area (Å²) < 4.78 is -1.30. The molecule has 0 fully saturated rings. The van der Waals surface area contributed by atoms with Crippen molar-refractivity contribution in [1.82, 2.24) is 0 Å². The van der Waals surface area contributed by atoms with Crippen molar-refractivity contribution in [3.05, 3.63) is 0 Å². The Kier molecular flexibility index (Phi) is 22.0. The maximum atomic E-state index is 5.37. The molecule has 0 aromatic carbocycles. The van der Waals surface area contributed by atoms with Gasteiger partial charge in [0, 0.05) is 0 Å². The van der Waals surface area contributed by atoms with Gasteiger partial charge >= 0.3 is 77.0 Å². The van der Waals surface area contributed by atoms with Crippen LogP contribution in [0.25, 0.3) is 0 Å². The summed E-state index contributed by atoms with van der Waals surface area (Å²) in [6.45, 7) is 3.12. The summed E-state index contributed by atoms with van der Waals surface area (Å²) in [5.74, 6) is 0. The van der Waals surface area contributed by atoms with Gasteiger partial charge in [-0.15, -0.1) is 0 Å².